The van der Waals surface area contributed by atoms with Gasteiger partial charge in [-0.05, 0) is 50.4 Å². The minimum Gasteiger partial charge on any atom is -0.491 e. The van der Waals surface area contributed by atoms with E-state index < -0.39 is 0 Å². The molecule has 20 heavy (non-hydrogen) atoms. The van der Waals surface area contributed by atoms with Crippen LogP contribution in [-0.2, 0) is 0 Å². The number of benzene rings is 1. The number of hydrogen-bond donors (Lipinski definition) is 2. The van der Waals surface area contributed by atoms with Crippen molar-refractivity contribution >= 4 is 0 Å². The van der Waals surface area contributed by atoms with Crippen molar-refractivity contribution < 1.29 is 4.74 Å². The molecule has 0 aromatic heterocycles. The molecule has 0 amide bonds. The number of nitrogens with one attached hydrogen (secondary N) is 1. The van der Waals surface area contributed by atoms with E-state index in [1.54, 1.807) is 0 Å². The summed E-state index contributed by atoms with van der Waals surface area (Å²) in [5.74, 6) is 1.87. The fourth-order valence-electron chi connectivity index (χ4n) is 2.63. The molecule has 1 aliphatic carbocycles. The number of rotatable bonds is 8. The van der Waals surface area contributed by atoms with Crippen LogP contribution in [0.4, 0.5) is 0 Å². The van der Waals surface area contributed by atoms with Crippen LogP contribution in [0.5, 0.6) is 5.75 Å². The molecule has 0 saturated heterocycles. The summed E-state index contributed by atoms with van der Waals surface area (Å²) in [5.41, 5.74) is 7.14. The fraction of sp³-hybridized carbons (Fsp3) is 0.647. The van der Waals surface area contributed by atoms with Gasteiger partial charge in [0.1, 0.15) is 5.75 Å². The Labute approximate surface area is 122 Å². The van der Waals surface area contributed by atoms with E-state index in [9.17, 15) is 0 Å². The topological polar surface area (TPSA) is 47.3 Å². The highest BCUT2D eigenvalue weighted by atomic mass is 16.5. The molecule has 3 N–H and O–H groups in total. The molecule has 3 heteroatoms. The van der Waals surface area contributed by atoms with Crippen LogP contribution in [0.25, 0.3) is 0 Å². The van der Waals surface area contributed by atoms with Crippen molar-refractivity contribution in [3.8, 4) is 5.75 Å². The number of hydrogen-bond acceptors (Lipinski definition) is 3. The lowest BCUT2D eigenvalue weighted by atomic mass is 9.83. The average molecular weight is 276 g/mol. The molecule has 1 atom stereocenters. The van der Waals surface area contributed by atoms with E-state index in [1.807, 2.05) is 26.0 Å². The largest absolute Gasteiger partial charge is 0.491 e. The van der Waals surface area contributed by atoms with Crippen molar-refractivity contribution in [3.05, 3.63) is 29.8 Å². The first-order valence-electron chi connectivity index (χ1n) is 7.89. The first kappa shape index (κ1) is 15.3. The van der Waals surface area contributed by atoms with Gasteiger partial charge in [0.15, 0.2) is 0 Å². The zero-order valence-electron chi connectivity index (χ0n) is 12.8. The van der Waals surface area contributed by atoms with Gasteiger partial charge in [0, 0.05) is 12.6 Å². The van der Waals surface area contributed by atoms with Crippen LogP contribution in [-0.4, -0.2) is 19.2 Å². The smallest absolute Gasteiger partial charge is 0.119 e. The standard InChI is InChI=1S/C17H28N2O/c1-13(2)20-16-8-6-15(7-9-16)17(12-18)19-11-10-14-4-3-5-14/h6-9,13-14,17,19H,3-5,10-12,18H2,1-2H3. The zero-order valence-corrected chi connectivity index (χ0v) is 12.8. The predicted molar refractivity (Wildman–Crippen MR) is 84.0 cm³/mol. The van der Waals surface area contributed by atoms with Crippen LogP contribution in [0.1, 0.15) is 51.1 Å². The predicted octanol–water partition coefficient (Wildman–Crippen LogP) is 3.25. The van der Waals surface area contributed by atoms with Crippen LogP contribution in [0.3, 0.4) is 0 Å². The Hall–Kier alpha value is -1.06. The summed E-state index contributed by atoms with van der Waals surface area (Å²) in [6, 6.07) is 8.55. The van der Waals surface area contributed by atoms with Crippen molar-refractivity contribution in [2.24, 2.45) is 11.7 Å². The van der Waals surface area contributed by atoms with Crippen LogP contribution >= 0.6 is 0 Å². The van der Waals surface area contributed by atoms with Crippen LogP contribution < -0.4 is 15.8 Å². The Morgan fingerprint density at radius 2 is 1.95 bits per heavy atom. The quantitative estimate of drug-likeness (QED) is 0.766. The Bertz CT molecular complexity index is 384. The summed E-state index contributed by atoms with van der Waals surface area (Å²) in [7, 11) is 0. The third-order valence-electron chi connectivity index (χ3n) is 4.06. The molecule has 0 radical (unpaired) electrons. The summed E-state index contributed by atoms with van der Waals surface area (Å²) < 4.78 is 5.67. The number of nitrogens with two attached hydrogens (primary N) is 1. The molecular formula is C17H28N2O. The van der Waals surface area contributed by atoms with E-state index in [2.05, 4.69) is 17.4 Å². The fourth-order valence-corrected chi connectivity index (χ4v) is 2.63. The highest BCUT2D eigenvalue weighted by molar-refractivity contribution is 5.29. The summed E-state index contributed by atoms with van der Waals surface area (Å²) in [5, 5.41) is 3.58. The van der Waals surface area contributed by atoms with Gasteiger partial charge in [-0.15, -0.1) is 0 Å². The lowest BCUT2D eigenvalue weighted by Crippen LogP contribution is -2.30. The molecule has 0 spiro atoms. The maximum atomic E-state index is 5.89. The minimum absolute atomic E-state index is 0.215. The second kappa shape index (κ2) is 7.65. The molecule has 1 unspecified atom stereocenters. The highest BCUT2D eigenvalue weighted by Crippen LogP contribution is 2.29. The van der Waals surface area contributed by atoms with E-state index in [0.29, 0.717) is 6.54 Å². The van der Waals surface area contributed by atoms with Crippen LogP contribution in [0.2, 0.25) is 0 Å². The number of ether oxygens (including phenoxy) is 1. The second-order valence-electron chi connectivity index (χ2n) is 6.06. The summed E-state index contributed by atoms with van der Waals surface area (Å²) >= 11 is 0. The van der Waals surface area contributed by atoms with Gasteiger partial charge in [-0.2, -0.15) is 0 Å². The van der Waals surface area contributed by atoms with Crippen molar-refractivity contribution in [1.29, 1.82) is 0 Å². The molecule has 1 aromatic rings. The van der Waals surface area contributed by atoms with Crippen LogP contribution in [0, 0.1) is 5.92 Å². The van der Waals surface area contributed by atoms with Gasteiger partial charge >= 0.3 is 0 Å². The Morgan fingerprint density at radius 3 is 2.45 bits per heavy atom. The minimum atomic E-state index is 0.215. The van der Waals surface area contributed by atoms with Gasteiger partial charge in [-0.3, -0.25) is 0 Å². The first-order valence-corrected chi connectivity index (χ1v) is 7.89. The third kappa shape index (κ3) is 4.50. The lowest BCUT2D eigenvalue weighted by Gasteiger charge is -2.26. The van der Waals surface area contributed by atoms with Gasteiger partial charge < -0.3 is 15.8 Å². The van der Waals surface area contributed by atoms with Crippen molar-refractivity contribution in [1.82, 2.24) is 5.32 Å². The molecule has 2 rings (SSSR count). The van der Waals surface area contributed by atoms with Gasteiger partial charge in [0.25, 0.3) is 0 Å². The van der Waals surface area contributed by atoms with Crippen LogP contribution in [0.15, 0.2) is 24.3 Å². The van der Waals surface area contributed by atoms with Crippen molar-refractivity contribution in [2.45, 2.75) is 51.7 Å². The van der Waals surface area contributed by atoms with Gasteiger partial charge in [-0.25, -0.2) is 0 Å². The van der Waals surface area contributed by atoms with Crippen molar-refractivity contribution in [3.63, 3.8) is 0 Å². The molecule has 1 aliphatic rings. The second-order valence-corrected chi connectivity index (χ2v) is 6.06. The maximum absolute atomic E-state index is 5.89. The Balaban J connectivity index is 1.82. The lowest BCUT2D eigenvalue weighted by molar-refractivity contribution is 0.242. The molecule has 112 valence electrons. The SMILES string of the molecule is CC(C)Oc1ccc(C(CN)NCCC2CCC2)cc1. The molecule has 0 aliphatic heterocycles. The normalized spacial score (nSPS) is 17.0. The van der Waals surface area contributed by atoms with Crippen molar-refractivity contribution in [2.75, 3.05) is 13.1 Å². The molecule has 0 heterocycles. The summed E-state index contributed by atoms with van der Waals surface area (Å²) in [6.45, 7) is 5.78. The van der Waals surface area contributed by atoms with Gasteiger partial charge in [0.2, 0.25) is 0 Å². The van der Waals surface area contributed by atoms with Gasteiger partial charge in [0.05, 0.1) is 6.10 Å². The highest BCUT2D eigenvalue weighted by Gasteiger charge is 2.17. The van der Waals surface area contributed by atoms with E-state index in [4.69, 9.17) is 10.5 Å². The Morgan fingerprint density at radius 1 is 1.25 bits per heavy atom. The summed E-state index contributed by atoms with van der Waals surface area (Å²) in [6.07, 6.45) is 5.74. The third-order valence-corrected chi connectivity index (χ3v) is 4.06. The van der Waals surface area contributed by atoms with E-state index in [-0.39, 0.29) is 12.1 Å². The first-order chi connectivity index (χ1) is 9.69. The van der Waals surface area contributed by atoms with E-state index in [1.165, 1.54) is 31.2 Å². The zero-order chi connectivity index (χ0) is 14.4. The molecule has 0 bridgehead atoms. The monoisotopic (exact) mass is 276 g/mol. The van der Waals surface area contributed by atoms with E-state index in [0.717, 1.165) is 18.2 Å². The Kier molecular flexibility index (Phi) is 5.86. The van der Waals surface area contributed by atoms with E-state index >= 15 is 0 Å². The molecule has 1 saturated carbocycles. The molecule has 3 nitrogen and oxygen atoms in total. The summed E-state index contributed by atoms with van der Waals surface area (Å²) in [4.78, 5) is 0. The molecule has 1 fully saturated rings. The van der Waals surface area contributed by atoms with Gasteiger partial charge in [-0.1, -0.05) is 31.4 Å². The molecule has 1 aromatic carbocycles. The molecular weight excluding hydrogens is 248 g/mol. The maximum Gasteiger partial charge on any atom is 0.119 e. The average Bonchev–Trinajstić information content (AvgIpc) is 2.37.